The summed E-state index contributed by atoms with van der Waals surface area (Å²) in [5, 5.41) is 4.61. The number of hydrogen-bond acceptors (Lipinski definition) is 4. The van der Waals surface area contributed by atoms with Gasteiger partial charge in [0.1, 0.15) is 0 Å². The molecule has 17 heavy (non-hydrogen) atoms. The van der Waals surface area contributed by atoms with Gasteiger partial charge in [-0.15, -0.1) is 11.3 Å². The Morgan fingerprint density at radius 2 is 2.29 bits per heavy atom. The third-order valence-electron chi connectivity index (χ3n) is 2.75. The van der Waals surface area contributed by atoms with Gasteiger partial charge in [0.05, 0.1) is 25.5 Å². The highest BCUT2D eigenvalue weighted by Crippen LogP contribution is 2.24. The van der Waals surface area contributed by atoms with Gasteiger partial charge in [-0.1, -0.05) is 0 Å². The number of carbonyl (C=O) groups excluding carboxylic acids is 1. The highest BCUT2D eigenvalue weighted by Gasteiger charge is 2.39. The van der Waals surface area contributed by atoms with Crippen LogP contribution in [-0.2, 0) is 9.84 Å². The molecule has 2 rings (SSSR count). The number of carbonyl (C=O) groups is 1. The quantitative estimate of drug-likeness (QED) is 0.788. The molecule has 7 heteroatoms. The van der Waals surface area contributed by atoms with Gasteiger partial charge in [-0.05, 0) is 42.0 Å². The summed E-state index contributed by atoms with van der Waals surface area (Å²) in [4.78, 5) is 11.9. The molecule has 1 aliphatic heterocycles. The molecule has 2 heterocycles. The van der Waals surface area contributed by atoms with Crippen LogP contribution in [0.3, 0.4) is 0 Å². The van der Waals surface area contributed by atoms with Crippen molar-refractivity contribution in [2.45, 2.75) is 18.9 Å². The smallest absolute Gasteiger partial charge is 0.252 e. The van der Waals surface area contributed by atoms with E-state index < -0.39 is 15.4 Å². The average Bonchev–Trinajstić information content (AvgIpc) is 2.71. The molecule has 1 N–H and O–H groups in total. The fourth-order valence-electron chi connectivity index (χ4n) is 1.88. The Hall–Kier alpha value is -0.150. The van der Waals surface area contributed by atoms with E-state index in [9.17, 15) is 13.2 Å². The molecule has 1 unspecified atom stereocenters. The number of halogens is 1. The highest BCUT2D eigenvalue weighted by molar-refractivity contribution is 14.1. The van der Waals surface area contributed by atoms with E-state index in [0.29, 0.717) is 12.0 Å². The Balaban J connectivity index is 2.10. The number of hydrogen-bond donors (Lipinski definition) is 1. The van der Waals surface area contributed by atoms with Crippen molar-refractivity contribution in [1.82, 2.24) is 5.32 Å². The summed E-state index contributed by atoms with van der Waals surface area (Å²) in [6.07, 6.45) is 0.488. The molecule has 1 atom stereocenters. The molecule has 0 saturated carbocycles. The van der Waals surface area contributed by atoms with Crippen molar-refractivity contribution in [2.24, 2.45) is 0 Å². The topological polar surface area (TPSA) is 63.2 Å². The zero-order valence-corrected chi connectivity index (χ0v) is 13.0. The fourth-order valence-corrected chi connectivity index (χ4v) is 5.30. The van der Waals surface area contributed by atoms with Gasteiger partial charge >= 0.3 is 0 Å². The predicted octanol–water partition coefficient (Wildman–Crippen LogP) is 1.66. The standard InChI is InChI=1S/C10H12INO3S2/c1-10(2-3-17(14,15)6-10)12-9(13)7-4-8(11)16-5-7/h4-5H,2-3,6H2,1H3,(H,12,13). The minimum absolute atomic E-state index is 0.0347. The second-order valence-corrected chi connectivity index (χ2v) is 9.49. The number of sulfone groups is 1. The Labute approximate surface area is 118 Å². The molecule has 1 aromatic heterocycles. The van der Waals surface area contributed by atoms with Gasteiger partial charge in [0.15, 0.2) is 9.84 Å². The Kier molecular flexibility index (Phi) is 3.52. The third kappa shape index (κ3) is 3.19. The second-order valence-electron chi connectivity index (χ2n) is 4.50. The van der Waals surface area contributed by atoms with Crippen molar-refractivity contribution in [3.63, 3.8) is 0 Å². The van der Waals surface area contributed by atoms with Gasteiger partial charge in [0.2, 0.25) is 0 Å². The lowest BCUT2D eigenvalue weighted by Crippen LogP contribution is -2.46. The summed E-state index contributed by atoms with van der Waals surface area (Å²) in [5.74, 6) is 0.00142. The number of rotatable bonds is 2. The summed E-state index contributed by atoms with van der Waals surface area (Å²) in [7, 11) is -2.99. The third-order valence-corrected chi connectivity index (χ3v) is 6.44. The molecule has 0 aliphatic carbocycles. The van der Waals surface area contributed by atoms with E-state index in [1.165, 1.54) is 11.3 Å². The predicted molar refractivity (Wildman–Crippen MR) is 76.2 cm³/mol. The minimum Gasteiger partial charge on any atom is -0.346 e. The molecule has 0 spiro atoms. The first-order valence-corrected chi connectivity index (χ1v) is 8.85. The van der Waals surface area contributed by atoms with Crippen molar-refractivity contribution < 1.29 is 13.2 Å². The van der Waals surface area contributed by atoms with Gasteiger partial charge in [-0.2, -0.15) is 0 Å². The summed E-state index contributed by atoms with van der Waals surface area (Å²) in [6.45, 7) is 1.78. The number of amides is 1. The summed E-state index contributed by atoms with van der Waals surface area (Å²) in [5.41, 5.74) is -0.0200. The largest absolute Gasteiger partial charge is 0.346 e. The second kappa shape index (κ2) is 4.51. The molecular formula is C10H12INO3S2. The van der Waals surface area contributed by atoms with Crippen molar-refractivity contribution >= 4 is 49.7 Å². The summed E-state index contributed by atoms with van der Waals surface area (Å²) in [6, 6.07) is 1.80. The van der Waals surface area contributed by atoms with Crippen LogP contribution in [0.15, 0.2) is 11.4 Å². The van der Waals surface area contributed by atoms with E-state index in [0.717, 1.165) is 2.88 Å². The monoisotopic (exact) mass is 385 g/mol. The summed E-state index contributed by atoms with van der Waals surface area (Å²) < 4.78 is 23.9. The molecule has 1 aromatic rings. The van der Waals surface area contributed by atoms with E-state index in [2.05, 4.69) is 27.9 Å². The molecule has 1 saturated heterocycles. The van der Waals surface area contributed by atoms with E-state index in [1.807, 2.05) is 0 Å². The van der Waals surface area contributed by atoms with Crippen LogP contribution < -0.4 is 5.32 Å². The lowest BCUT2D eigenvalue weighted by atomic mass is 10.0. The van der Waals surface area contributed by atoms with E-state index >= 15 is 0 Å². The highest BCUT2D eigenvalue weighted by atomic mass is 127. The zero-order chi connectivity index (χ0) is 12.7. The maximum absolute atomic E-state index is 11.9. The molecule has 0 bridgehead atoms. The molecular weight excluding hydrogens is 373 g/mol. The fraction of sp³-hybridized carbons (Fsp3) is 0.500. The van der Waals surface area contributed by atoms with Gasteiger partial charge in [0.25, 0.3) is 5.91 Å². The van der Waals surface area contributed by atoms with E-state index in [-0.39, 0.29) is 17.4 Å². The van der Waals surface area contributed by atoms with Crippen LogP contribution in [0.4, 0.5) is 0 Å². The molecule has 1 aliphatic rings. The number of thiophene rings is 1. The molecule has 0 radical (unpaired) electrons. The lowest BCUT2D eigenvalue weighted by Gasteiger charge is -2.23. The van der Waals surface area contributed by atoms with E-state index in [4.69, 9.17) is 0 Å². The molecule has 94 valence electrons. The van der Waals surface area contributed by atoms with Gasteiger partial charge < -0.3 is 5.32 Å². The molecule has 4 nitrogen and oxygen atoms in total. The maximum atomic E-state index is 11.9. The molecule has 1 fully saturated rings. The molecule has 0 aromatic carbocycles. The van der Waals surface area contributed by atoms with Crippen LogP contribution >= 0.6 is 33.9 Å². The average molecular weight is 385 g/mol. The SMILES string of the molecule is CC1(NC(=O)c2csc(I)c2)CCS(=O)(=O)C1. The van der Waals surface area contributed by atoms with Crippen LogP contribution in [-0.4, -0.2) is 31.4 Å². The lowest BCUT2D eigenvalue weighted by molar-refractivity contribution is 0.0916. The van der Waals surface area contributed by atoms with Crippen molar-refractivity contribution in [1.29, 1.82) is 0 Å². The van der Waals surface area contributed by atoms with Crippen LogP contribution in [0.5, 0.6) is 0 Å². The van der Waals surface area contributed by atoms with Crippen LogP contribution in [0, 0.1) is 2.88 Å². The van der Waals surface area contributed by atoms with Crippen molar-refractivity contribution in [2.75, 3.05) is 11.5 Å². The number of nitrogens with one attached hydrogen (secondary N) is 1. The van der Waals surface area contributed by atoms with Gasteiger partial charge in [-0.3, -0.25) is 4.79 Å². The van der Waals surface area contributed by atoms with E-state index in [1.54, 1.807) is 18.4 Å². The van der Waals surface area contributed by atoms with Crippen molar-refractivity contribution in [3.8, 4) is 0 Å². The Morgan fingerprint density at radius 3 is 2.76 bits per heavy atom. The molecule has 1 amide bonds. The maximum Gasteiger partial charge on any atom is 0.252 e. The Morgan fingerprint density at radius 1 is 1.59 bits per heavy atom. The van der Waals surface area contributed by atoms with Crippen LogP contribution in [0.25, 0.3) is 0 Å². The first-order valence-electron chi connectivity index (χ1n) is 5.07. The zero-order valence-electron chi connectivity index (χ0n) is 9.20. The van der Waals surface area contributed by atoms with Crippen LogP contribution in [0.1, 0.15) is 23.7 Å². The normalized spacial score (nSPS) is 26.9. The Bertz CT molecular complexity index is 552. The van der Waals surface area contributed by atoms with Crippen LogP contribution in [0.2, 0.25) is 0 Å². The minimum atomic E-state index is -2.99. The first-order chi connectivity index (χ1) is 7.80. The summed E-state index contributed by atoms with van der Waals surface area (Å²) >= 11 is 3.65. The first kappa shape index (κ1) is 13.3. The van der Waals surface area contributed by atoms with Gasteiger partial charge in [-0.25, -0.2) is 8.42 Å². The van der Waals surface area contributed by atoms with Gasteiger partial charge in [0, 0.05) is 5.38 Å². The van der Waals surface area contributed by atoms with Crippen molar-refractivity contribution in [3.05, 3.63) is 19.9 Å².